The second-order valence-electron chi connectivity index (χ2n) is 6.82. The largest absolute Gasteiger partial charge is 0.349 e. The van der Waals surface area contributed by atoms with Crippen LogP contribution >= 0.6 is 0 Å². The molecule has 0 unspecified atom stereocenters. The topological polar surface area (TPSA) is 66.5 Å². The van der Waals surface area contributed by atoms with E-state index in [2.05, 4.69) is 5.32 Å². The molecule has 1 N–H and O–H groups in total. The van der Waals surface area contributed by atoms with Gasteiger partial charge in [0.15, 0.2) is 0 Å². The molecule has 1 amide bonds. The Morgan fingerprint density at radius 3 is 2.23 bits per heavy atom. The molecule has 0 aromatic heterocycles. The van der Waals surface area contributed by atoms with Crippen molar-refractivity contribution in [2.24, 2.45) is 0 Å². The van der Waals surface area contributed by atoms with E-state index in [0.717, 1.165) is 22.2 Å². The number of carbonyl (C=O) groups excluding carboxylic acids is 1. The van der Waals surface area contributed by atoms with Crippen molar-refractivity contribution in [1.29, 1.82) is 0 Å². The summed E-state index contributed by atoms with van der Waals surface area (Å²) >= 11 is 0. The third kappa shape index (κ3) is 5.56. The Morgan fingerprint density at radius 2 is 1.65 bits per heavy atom. The predicted octanol–water partition coefficient (Wildman–Crippen LogP) is 2.73. The first-order valence-corrected chi connectivity index (χ1v) is 10.0. The number of nitrogens with zero attached hydrogens (tertiary/aromatic N) is 1. The number of benzene rings is 2. The summed E-state index contributed by atoms with van der Waals surface area (Å²) in [5, 5.41) is 2.83. The van der Waals surface area contributed by atoms with Crippen molar-refractivity contribution in [2.45, 2.75) is 25.8 Å². The van der Waals surface area contributed by atoms with Crippen LogP contribution in [0.25, 0.3) is 0 Å². The number of amides is 1. The Labute approximate surface area is 153 Å². The number of hydrogen-bond acceptors (Lipinski definition) is 3. The first kappa shape index (κ1) is 19.9. The number of carbonyl (C=O) groups is 1. The molecule has 7 heteroatoms. The average molecular weight is 378 g/mol. The third-order valence-corrected chi connectivity index (χ3v) is 4.90. The maximum Gasteiger partial charge on any atom is 0.241 e. The second-order valence-corrected chi connectivity index (χ2v) is 8.72. The van der Waals surface area contributed by atoms with Crippen LogP contribution in [-0.4, -0.2) is 32.7 Å². The van der Waals surface area contributed by atoms with Crippen molar-refractivity contribution < 1.29 is 17.6 Å². The van der Waals surface area contributed by atoms with Gasteiger partial charge in [0.25, 0.3) is 0 Å². The number of anilines is 1. The van der Waals surface area contributed by atoms with Crippen LogP contribution in [-0.2, 0) is 21.2 Å². The molecule has 2 rings (SSSR count). The Kier molecular flexibility index (Phi) is 6.02. The molecule has 0 saturated heterocycles. The summed E-state index contributed by atoms with van der Waals surface area (Å²) in [6, 6.07) is 15.1. The molecular formula is C19H23FN2O3S. The van der Waals surface area contributed by atoms with Crippen molar-refractivity contribution in [1.82, 2.24) is 5.32 Å². The lowest BCUT2D eigenvalue weighted by Crippen LogP contribution is -2.50. The Hall–Kier alpha value is -2.41. The quantitative estimate of drug-likeness (QED) is 0.806. The van der Waals surface area contributed by atoms with Crippen molar-refractivity contribution >= 4 is 21.6 Å². The van der Waals surface area contributed by atoms with Crippen LogP contribution in [0, 0.1) is 5.82 Å². The fourth-order valence-corrected chi connectivity index (χ4v) is 3.59. The van der Waals surface area contributed by atoms with Gasteiger partial charge in [0.05, 0.1) is 11.9 Å². The van der Waals surface area contributed by atoms with E-state index in [0.29, 0.717) is 6.42 Å². The molecule has 0 atom stereocenters. The number of rotatable bonds is 7. The highest BCUT2D eigenvalue weighted by Gasteiger charge is 2.27. The van der Waals surface area contributed by atoms with Gasteiger partial charge in [-0.05, 0) is 38.0 Å². The van der Waals surface area contributed by atoms with E-state index in [1.54, 1.807) is 0 Å². The monoisotopic (exact) mass is 378 g/mol. The zero-order chi connectivity index (χ0) is 19.4. The zero-order valence-electron chi connectivity index (χ0n) is 15.1. The van der Waals surface area contributed by atoms with Gasteiger partial charge in [-0.2, -0.15) is 0 Å². The zero-order valence-corrected chi connectivity index (χ0v) is 15.9. The van der Waals surface area contributed by atoms with Crippen LogP contribution in [0.1, 0.15) is 19.4 Å². The molecule has 140 valence electrons. The maximum absolute atomic E-state index is 14.0. The third-order valence-electron chi connectivity index (χ3n) is 3.78. The van der Waals surface area contributed by atoms with Gasteiger partial charge < -0.3 is 5.32 Å². The Bertz CT molecular complexity index is 867. The van der Waals surface area contributed by atoms with Crippen molar-refractivity contribution in [3.8, 4) is 0 Å². The summed E-state index contributed by atoms with van der Waals surface area (Å²) < 4.78 is 38.9. The van der Waals surface area contributed by atoms with E-state index >= 15 is 0 Å². The lowest BCUT2D eigenvalue weighted by atomic mass is 9.95. The van der Waals surface area contributed by atoms with Crippen molar-refractivity contribution in [3.05, 3.63) is 66.0 Å². The van der Waals surface area contributed by atoms with E-state index in [1.807, 2.05) is 44.2 Å². The molecule has 0 aliphatic heterocycles. The normalized spacial score (nSPS) is 11.8. The smallest absolute Gasteiger partial charge is 0.241 e. The summed E-state index contributed by atoms with van der Waals surface area (Å²) in [6.45, 7) is 3.22. The standard InChI is InChI=1S/C19H23FN2O3S/c1-19(2,13-15-9-5-4-6-10-15)21-18(23)14-22(26(3,24)25)17-12-8-7-11-16(17)20/h4-12H,13-14H2,1-3H3,(H,21,23). The van der Waals surface area contributed by atoms with Crippen molar-refractivity contribution in [3.63, 3.8) is 0 Å². The molecule has 0 heterocycles. The van der Waals surface area contributed by atoms with Crippen LogP contribution in [0.5, 0.6) is 0 Å². The van der Waals surface area contributed by atoms with Gasteiger partial charge in [0.2, 0.25) is 15.9 Å². The molecular weight excluding hydrogens is 355 g/mol. The minimum absolute atomic E-state index is 0.147. The highest BCUT2D eigenvalue weighted by Crippen LogP contribution is 2.21. The molecule has 26 heavy (non-hydrogen) atoms. The Morgan fingerprint density at radius 1 is 1.08 bits per heavy atom. The number of sulfonamides is 1. The van der Waals surface area contributed by atoms with Gasteiger partial charge in [-0.15, -0.1) is 0 Å². The second kappa shape index (κ2) is 7.86. The fourth-order valence-electron chi connectivity index (χ4n) is 2.73. The van der Waals surface area contributed by atoms with Gasteiger partial charge >= 0.3 is 0 Å². The van der Waals surface area contributed by atoms with E-state index < -0.39 is 33.8 Å². The summed E-state index contributed by atoms with van der Waals surface area (Å²) in [5.74, 6) is -1.20. The first-order valence-electron chi connectivity index (χ1n) is 8.16. The SMILES string of the molecule is CC(C)(Cc1ccccc1)NC(=O)CN(c1ccccc1F)S(C)(=O)=O. The number of nitrogens with one attached hydrogen (secondary N) is 1. The fraction of sp³-hybridized carbons (Fsp3) is 0.316. The van der Waals surface area contributed by atoms with Crippen LogP contribution in [0.4, 0.5) is 10.1 Å². The van der Waals surface area contributed by atoms with E-state index in [-0.39, 0.29) is 5.69 Å². The van der Waals surface area contributed by atoms with Gasteiger partial charge in [0, 0.05) is 5.54 Å². The van der Waals surface area contributed by atoms with Crippen LogP contribution in [0.3, 0.4) is 0 Å². The predicted molar refractivity (Wildman–Crippen MR) is 101 cm³/mol. The summed E-state index contributed by atoms with van der Waals surface area (Å²) in [7, 11) is -3.82. The number of halogens is 1. The molecule has 0 radical (unpaired) electrons. The van der Waals surface area contributed by atoms with E-state index in [1.165, 1.54) is 18.2 Å². The van der Waals surface area contributed by atoms with Gasteiger partial charge in [0.1, 0.15) is 12.4 Å². The molecule has 0 aliphatic rings. The van der Waals surface area contributed by atoms with Gasteiger partial charge in [-0.25, -0.2) is 12.8 Å². The average Bonchev–Trinajstić information content (AvgIpc) is 2.52. The lowest BCUT2D eigenvalue weighted by Gasteiger charge is -2.29. The number of para-hydroxylation sites is 1. The highest BCUT2D eigenvalue weighted by molar-refractivity contribution is 7.92. The molecule has 0 bridgehead atoms. The minimum atomic E-state index is -3.82. The van der Waals surface area contributed by atoms with E-state index in [9.17, 15) is 17.6 Å². The minimum Gasteiger partial charge on any atom is -0.349 e. The molecule has 2 aromatic carbocycles. The maximum atomic E-state index is 14.0. The van der Waals surface area contributed by atoms with Crippen molar-refractivity contribution in [2.75, 3.05) is 17.1 Å². The van der Waals surface area contributed by atoms with Crippen LogP contribution in [0.2, 0.25) is 0 Å². The van der Waals surface area contributed by atoms with Crippen LogP contribution < -0.4 is 9.62 Å². The first-order chi connectivity index (χ1) is 12.1. The van der Waals surface area contributed by atoms with Gasteiger partial charge in [-0.3, -0.25) is 9.10 Å². The molecule has 2 aromatic rings. The molecule has 0 spiro atoms. The molecule has 0 aliphatic carbocycles. The Balaban J connectivity index is 2.14. The lowest BCUT2D eigenvalue weighted by molar-refractivity contribution is -0.121. The summed E-state index contributed by atoms with van der Waals surface area (Å²) in [4.78, 5) is 12.5. The molecule has 0 saturated carbocycles. The number of hydrogen-bond donors (Lipinski definition) is 1. The van der Waals surface area contributed by atoms with Gasteiger partial charge in [-0.1, -0.05) is 42.5 Å². The highest BCUT2D eigenvalue weighted by atomic mass is 32.2. The summed E-state index contributed by atoms with van der Waals surface area (Å²) in [6.07, 6.45) is 1.53. The molecule has 0 fully saturated rings. The summed E-state index contributed by atoms with van der Waals surface area (Å²) in [5.41, 5.74) is 0.314. The van der Waals surface area contributed by atoms with Crippen LogP contribution in [0.15, 0.2) is 54.6 Å². The van der Waals surface area contributed by atoms with E-state index in [4.69, 9.17) is 0 Å². The molecule has 5 nitrogen and oxygen atoms in total.